The highest BCUT2D eigenvalue weighted by molar-refractivity contribution is 7.89. The molecule has 4 rings (SSSR count). The second-order valence-corrected chi connectivity index (χ2v) is 13.0. The van der Waals surface area contributed by atoms with Crippen LogP contribution >= 0.6 is 0 Å². The molecule has 0 aromatic heterocycles. The molecule has 1 heterocycles. The van der Waals surface area contributed by atoms with E-state index in [1.807, 2.05) is 18.2 Å². The molecule has 1 aliphatic rings. The van der Waals surface area contributed by atoms with Gasteiger partial charge >= 0.3 is 6.09 Å². The molecule has 11 heteroatoms. The number of hydrogen-bond acceptors (Lipinski definition) is 7. The molecular weight excluding hydrogens is 604 g/mol. The maximum absolute atomic E-state index is 13.2. The lowest BCUT2D eigenvalue weighted by molar-refractivity contribution is -0.384. The largest absolute Gasteiger partial charge is 0.445 e. The van der Waals surface area contributed by atoms with Gasteiger partial charge in [0.2, 0.25) is 10.0 Å². The third-order valence-corrected chi connectivity index (χ3v) is 9.90. The van der Waals surface area contributed by atoms with Crippen molar-refractivity contribution in [2.45, 2.75) is 42.7 Å². The van der Waals surface area contributed by atoms with Crippen LogP contribution in [-0.2, 0) is 21.4 Å². The van der Waals surface area contributed by atoms with E-state index in [1.54, 1.807) is 60.5 Å². The van der Waals surface area contributed by atoms with Crippen LogP contribution in [0.1, 0.15) is 36.3 Å². The summed E-state index contributed by atoms with van der Waals surface area (Å²) in [6, 6.07) is 24.5. The monoisotopic (exact) mass is 646 g/mol. The number of rotatable bonds is 14. The number of benzene rings is 3. The van der Waals surface area contributed by atoms with Crippen LogP contribution in [0.15, 0.2) is 102 Å². The van der Waals surface area contributed by atoms with E-state index in [4.69, 9.17) is 4.74 Å². The molecule has 3 aromatic rings. The minimum atomic E-state index is -3.61. The number of nitrogens with zero attached hydrogens (tertiary/aromatic N) is 4. The summed E-state index contributed by atoms with van der Waals surface area (Å²) >= 11 is 0. The highest BCUT2D eigenvalue weighted by Crippen LogP contribution is 2.26. The first-order valence-corrected chi connectivity index (χ1v) is 16.5. The lowest BCUT2D eigenvalue weighted by atomic mass is 9.94. The van der Waals surface area contributed by atoms with E-state index in [1.165, 1.54) is 16.4 Å². The molecule has 0 N–H and O–H groups in total. The summed E-state index contributed by atoms with van der Waals surface area (Å²) in [5.74, 6) is 0.0177. The van der Waals surface area contributed by atoms with Crippen LogP contribution in [0.3, 0.4) is 0 Å². The zero-order valence-corrected chi connectivity index (χ0v) is 27.0. The normalized spacial score (nSPS) is 14.4. The van der Waals surface area contributed by atoms with Crippen LogP contribution in [0.2, 0.25) is 0 Å². The number of likely N-dealkylation sites (tertiary alicyclic amines) is 1. The van der Waals surface area contributed by atoms with E-state index in [0.717, 1.165) is 44.5 Å². The first-order chi connectivity index (χ1) is 22.2. The van der Waals surface area contributed by atoms with Gasteiger partial charge in [-0.15, -0.1) is 19.4 Å². The molecule has 3 aromatic carbocycles. The molecule has 0 radical (unpaired) electrons. The lowest BCUT2D eigenvalue weighted by Gasteiger charge is -2.38. The van der Waals surface area contributed by atoms with Crippen LogP contribution in [0.5, 0.6) is 0 Å². The molecular formula is C35H42N4O6S. The molecule has 0 spiro atoms. The molecule has 0 bridgehead atoms. The Morgan fingerprint density at radius 3 is 2.20 bits per heavy atom. The minimum absolute atomic E-state index is 0.000629. The van der Waals surface area contributed by atoms with Gasteiger partial charge in [-0.3, -0.25) is 10.1 Å². The number of nitro benzene ring substituents is 1. The highest BCUT2D eigenvalue weighted by Gasteiger charge is 2.29. The Balaban J connectivity index is 0.00000282. The Labute approximate surface area is 272 Å². The zero-order chi connectivity index (χ0) is 33.5. The lowest BCUT2D eigenvalue weighted by Crippen LogP contribution is -2.48. The van der Waals surface area contributed by atoms with Gasteiger partial charge in [0.25, 0.3) is 5.69 Å². The topological polar surface area (TPSA) is 113 Å². The van der Waals surface area contributed by atoms with Gasteiger partial charge in [0.1, 0.15) is 6.61 Å². The Bertz CT molecular complexity index is 1520. The number of piperidine rings is 1. The highest BCUT2D eigenvalue weighted by atomic mass is 32.2. The van der Waals surface area contributed by atoms with Crippen molar-refractivity contribution in [3.05, 3.63) is 119 Å². The molecule has 0 aliphatic carbocycles. The predicted octanol–water partition coefficient (Wildman–Crippen LogP) is 5.93. The van der Waals surface area contributed by atoms with Crippen LogP contribution in [0.25, 0.3) is 0 Å². The second-order valence-electron chi connectivity index (χ2n) is 11.0. The number of amides is 1. The SMILES string of the molecule is C#C.C=CCN(C(=O)OCc1ccc([N+](=O)[O-])cc1)C1CCN(CC[C@H](CN(C)S(=O)(=O)c2ccccc2)c2ccccc2)CC1. The number of carbonyl (C=O) groups is 1. The fourth-order valence-corrected chi connectivity index (χ4v) is 6.75. The first kappa shape index (κ1) is 36.0. The Hall–Kier alpha value is -4.50. The van der Waals surface area contributed by atoms with Gasteiger partial charge in [-0.1, -0.05) is 54.6 Å². The molecule has 0 unspecified atom stereocenters. The van der Waals surface area contributed by atoms with Gasteiger partial charge in [0.15, 0.2) is 0 Å². The van der Waals surface area contributed by atoms with Gasteiger partial charge in [-0.25, -0.2) is 17.5 Å². The van der Waals surface area contributed by atoms with E-state index in [0.29, 0.717) is 18.7 Å². The summed E-state index contributed by atoms with van der Waals surface area (Å²) in [5.41, 5.74) is 1.76. The number of sulfonamides is 1. The Morgan fingerprint density at radius 2 is 1.63 bits per heavy atom. The van der Waals surface area contributed by atoms with Crippen LogP contribution < -0.4 is 0 Å². The smallest absolute Gasteiger partial charge is 0.410 e. The van der Waals surface area contributed by atoms with Crippen molar-refractivity contribution in [3.63, 3.8) is 0 Å². The fourth-order valence-electron chi connectivity index (χ4n) is 5.52. The summed E-state index contributed by atoms with van der Waals surface area (Å²) in [6.07, 6.45) is 11.6. The third kappa shape index (κ3) is 10.0. The average molecular weight is 647 g/mol. The van der Waals surface area contributed by atoms with E-state index in [-0.39, 0.29) is 29.1 Å². The van der Waals surface area contributed by atoms with E-state index in [9.17, 15) is 23.3 Å². The number of non-ortho nitro benzene ring substituents is 1. The van der Waals surface area contributed by atoms with Gasteiger partial charge in [-0.2, -0.15) is 0 Å². The maximum Gasteiger partial charge on any atom is 0.410 e. The van der Waals surface area contributed by atoms with Gasteiger partial charge < -0.3 is 14.5 Å². The molecule has 1 atom stereocenters. The summed E-state index contributed by atoms with van der Waals surface area (Å²) in [6.45, 7) is 6.96. The first-order valence-electron chi connectivity index (χ1n) is 15.1. The summed E-state index contributed by atoms with van der Waals surface area (Å²) in [7, 11) is -1.97. The molecule has 1 aliphatic heterocycles. The van der Waals surface area contributed by atoms with E-state index < -0.39 is 21.0 Å². The Kier molecular flexibility index (Phi) is 14.0. The number of likely N-dealkylation sites (N-methyl/N-ethyl adjacent to an activating group) is 1. The Morgan fingerprint density at radius 1 is 1.04 bits per heavy atom. The number of nitro groups is 1. The summed E-state index contributed by atoms with van der Waals surface area (Å²) < 4.78 is 33.4. The van der Waals surface area contributed by atoms with Crippen molar-refractivity contribution >= 4 is 21.8 Å². The summed E-state index contributed by atoms with van der Waals surface area (Å²) in [4.78, 5) is 27.8. The van der Waals surface area contributed by atoms with Crippen molar-refractivity contribution in [3.8, 4) is 12.8 Å². The molecule has 244 valence electrons. The van der Waals surface area contributed by atoms with E-state index in [2.05, 4.69) is 36.5 Å². The van der Waals surface area contributed by atoms with Crippen molar-refractivity contribution in [1.82, 2.24) is 14.1 Å². The van der Waals surface area contributed by atoms with Crippen LogP contribution in [0, 0.1) is 23.0 Å². The van der Waals surface area contributed by atoms with Gasteiger partial charge in [0, 0.05) is 51.4 Å². The standard InChI is InChI=1S/C33H40N4O6S.C2H2/c1-3-21-36(33(38)43-26-27-14-16-31(17-15-27)37(39)40)30-19-23-35(24-20-30)22-18-29(28-10-6-4-7-11-28)25-34(2)44(41,42)32-12-8-5-9-13-32;1-2/h3-17,29-30H,1,18-26H2,2H3;1-2H/t29-;/m1./s1. The molecule has 1 fully saturated rings. The van der Waals surface area contributed by atoms with Crippen molar-refractivity contribution in [1.29, 1.82) is 0 Å². The molecule has 10 nitrogen and oxygen atoms in total. The fraction of sp³-hybridized carbons (Fsp3) is 0.343. The number of carbonyl (C=O) groups excluding carboxylic acids is 1. The minimum Gasteiger partial charge on any atom is -0.445 e. The quantitative estimate of drug-likeness (QED) is 0.0924. The second kappa shape index (κ2) is 17.8. The molecule has 46 heavy (non-hydrogen) atoms. The van der Waals surface area contributed by atoms with Gasteiger partial charge in [-0.05, 0) is 67.1 Å². The summed E-state index contributed by atoms with van der Waals surface area (Å²) in [5, 5.41) is 10.9. The van der Waals surface area contributed by atoms with Crippen LogP contribution in [-0.4, -0.2) is 79.4 Å². The molecule has 1 saturated heterocycles. The van der Waals surface area contributed by atoms with Crippen LogP contribution in [0.4, 0.5) is 10.5 Å². The number of hydrogen-bond donors (Lipinski definition) is 0. The van der Waals surface area contributed by atoms with Crippen molar-refractivity contribution in [2.75, 3.05) is 39.8 Å². The molecule has 1 amide bonds. The zero-order valence-electron chi connectivity index (χ0n) is 26.2. The molecule has 0 saturated carbocycles. The predicted molar refractivity (Wildman–Crippen MR) is 180 cm³/mol. The average Bonchev–Trinajstić information content (AvgIpc) is 3.10. The van der Waals surface area contributed by atoms with Gasteiger partial charge in [0.05, 0.1) is 9.82 Å². The van der Waals surface area contributed by atoms with Crippen molar-refractivity contribution in [2.24, 2.45) is 0 Å². The third-order valence-electron chi connectivity index (χ3n) is 8.06. The van der Waals surface area contributed by atoms with E-state index >= 15 is 0 Å². The maximum atomic E-state index is 13.2. The van der Waals surface area contributed by atoms with Crippen molar-refractivity contribution < 1.29 is 22.9 Å². The number of terminal acetylenes is 1. The number of ether oxygens (including phenoxy) is 1.